The van der Waals surface area contributed by atoms with Crippen molar-refractivity contribution in [1.82, 2.24) is 0 Å². The predicted molar refractivity (Wildman–Crippen MR) is 84.2 cm³/mol. The SMILES string of the molecule is COc1ccc(NC(=O)c2cccc(C)c2Br)c(N)c1. The minimum Gasteiger partial charge on any atom is -0.497 e. The fourth-order valence-electron chi connectivity index (χ4n) is 1.79. The molecule has 0 saturated heterocycles. The van der Waals surface area contributed by atoms with E-state index in [1.807, 2.05) is 19.1 Å². The summed E-state index contributed by atoms with van der Waals surface area (Å²) in [5.74, 6) is 0.440. The van der Waals surface area contributed by atoms with Gasteiger partial charge in [0.25, 0.3) is 5.91 Å². The number of benzene rings is 2. The molecule has 0 aromatic heterocycles. The number of rotatable bonds is 3. The van der Waals surface area contributed by atoms with Crippen LogP contribution in [0.5, 0.6) is 5.75 Å². The van der Waals surface area contributed by atoms with E-state index in [0.29, 0.717) is 22.7 Å². The summed E-state index contributed by atoms with van der Waals surface area (Å²) in [6, 6.07) is 10.7. The molecule has 2 aromatic carbocycles. The lowest BCUT2D eigenvalue weighted by atomic mass is 10.1. The molecule has 4 nitrogen and oxygen atoms in total. The van der Waals surface area contributed by atoms with Gasteiger partial charge >= 0.3 is 0 Å². The highest BCUT2D eigenvalue weighted by molar-refractivity contribution is 9.10. The van der Waals surface area contributed by atoms with E-state index in [1.165, 1.54) is 0 Å². The first-order valence-corrected chi connectivity index (χ1v) is 6.82. The Morgan fingerprint density at radius 2 is 2.05 bits per heavy atom. The molecular formula is C15H15BrN2O2. The zero-order valence-corrected chi connectivity index (χ0v) is 12.8. The van der Waals surface area contributed by atoms with Crippen molar-refractivity contribution in [3.8, 4) is 5.75 Å². The molecule has 0 unspecified atom stereocenters. The summed E-state index contributed by atoms with van der Waals surface area (Å²) in [7, 11) is 1.57. The fraction of sp³-hybridized carbons (Fsp3) is 0.133. The minimum absolute atomic E-state index is 0.211. The molecule has 0 fully saturated rings. The molecule has 1 amide bonds. The number of halogens is 1. The summed E-state index contributed by atoms with van der Waals surface area (Å²) >= 11 is 3.42. The van der Waals surface area contributed by atoms with Gasteiger partial charge in [0.2, 0.25) is 0 Å². The average molecular weight is 335 g/mol. The molecule has 104 valence electrons. The molecule has 2 rings (SSSR count). The molecule has 0 atom stereocenters. The molecule has 3 N–H and O–H groups in total. The Labute approximate surface area is 126 Å². The second-order valence-electron chi connectivity index (χ2n) is 4.34. The third-order valence-electron chi connectivity index (χ3n) is 2.94. The van der Waals surface area contributed by atoms with Gasteiger partial charge in [0, 0.05) is 10.5 Å². The summed E-state index contributed by atoms with van der Waals surface area (Å²) < 4.78 is 5.86. The van der Waals surface area contributed by atoms with Crippen molar-refractivity contribution < 1.29 is 9.53 Å². The van der Waals surface area contributed by atoms with E-state index < -0.39 is 0 Å². The maximum Gasteiger partial charge on any atom is 0.256 e. The van der Waals surface area contributed by atoms with Crippen molar-refractivity contribution >= 4 is 33.2 Å². The Balaban J connectivity index is 2.26. The van der Waals surface area contributed by atoms with Crippen LogP contribution in [0.4, 0.5) is 11.4 Å². The number of ether oxygens (including phenoxy) is 1. The molecule has 0 bridgehead atoms. The van der Waals surface area contributed by atoms with Gasteiger partial charge in [-0.1, -0.05) is 12.1 Å². The number of aryl methyl sites for hydroxylation is 1. The predicted octanol–water partition coefficient (Wildman–Crippen LogP) is 3.60. The molecule has 0 spiro atoms. The summed E-state index contributed by atoms with van der Waals surface area (Å²) in [4.78, 5) is 12.3. The van der Waals surface area contributed by atoms with Crippen molar-refractivity contribution in [2.45, 2.75) is 6.92 Å². The number of amides is 1. The number of methoxy groups -OCH3 is 1. The highest BCUT2D eigenvalue weighted by Gasteiger charge is 2.13. The molecule has 5 heteroatoms. The highest BCUT2D eigenvalue weighted by Crippen LogP contribution is 2.26. The number of nitrogens with one attached hydrogen (secondary N) is 1. The number of hydrogen-bond acceptors (Lipinski definition) is 3. The van der Waals surface area contributed by atoms with E-state index in [0.717, 1.165) is 10.0 Å². The number of nitrogens with two attached hydrogens (primary N) is 1. The Morgan fingerprint density at radius 1 is 1.30 bits per heavy atom. The van der Waals surface area contributed by atoms with Crippen LogP contribution in [0.2, 0.25) is 0 Å². The average Bonchev–Trinajstić information content (AvgIpc) is 2.44. The van der Waals surface area contributed by atoms with Crippen LogP contribution >= 0.6 is 15.9 Å². The second kappa shape index (κ2) is 5.96. The molecule has 0 saturated carbocycles. The van der Waals surface area contributed by atoms with Gasteiger partial charge in [-0.2, -0.15) is 0 Å². The maximum absolute atomic E-state index is 12.3. The van der Waals surface area contributed by atoms with Crippen LogP contribution in [0, 0.1) is 6.92 Å². The van der Waals surface area contributed by atoms with Crippen LogP contribution in [-0.2, 0) is 0 Å². The van der Waals surface area contributed by atoms with Crippen molar-refractivity contribution in [3.63, 3.8) is 0 Å². The number of carbonyl (C=O) groups excluding carboxylic acids is 1. The van der Waals surface area contributed by atoms with Gasteiger partial charge in [0.15, 0.2) is 0 Å². The maximum atomic E-state index is 12.3. The molecule has 0 aliphatic carbocycles. The summed E-state index contributed by atoms with van der Waals surface area (Å²) in [6.07, 6.45) is 0. The lowest BCUT2D eigenvalue weighted by molar-refractivity contribution is 0.102. The molecule has 0 heterocycles. The number of hydrogen-bond donors (Lipinski definition) is 2. The van der Waals surface area contributed by atoms with Gasteiger partial charge in [-0.15, -0.1) is 0 Å². The Morgan fingerprint density at radius 3 is 2.70 bits per heavy atom. The van der Waals surface area contributed by atoms with E-state index in [9.17, 15) is 4.79 Å². The fourth-order valence-corrected chi connectivity index (χ4v) is 2.24. The van der Waals surface area contributed by atoms with Crippen molar-refractivity contribution in [1.29, 1.82) is 0 Å². The van der Waals surface area contributed by atoms with Gasteiger partial charge < -0.3 is 15.8 Å². The topological polar surface area (TPSA) is 64.3 Å². The van der Waals surface area contributed by atoms with Crippen molar-refractivity contribution in [3.05, 3.63) is 52.0 Å². The quantitative estimate of drug-likeness (QED) is 0.843. The van der Waals surface area contributed by atoms with Gasteiger partial charge in [-0.05, 0) is 46.6 Å². The molecule has 0 aliphatic rings. The zero-order chi connectivity index (χ0) is 14.7. The van der Waals surface area contributed by atoms with Crippen LogP contribution in [0.3, 0.4) is 0 Å². The summed E-state index contributed by atoms with van der Waals surface area (Å²) in [6.45, 7) is 1.93. The largest absolute Gasteiger partial charge is 0.497 e. The molecule has 0 radical (unpaired) electrons. The van der Waals surface area contributed by atoms with Crippen LogP contribution in [0.25, 0.3) is 0 Å². The Kier molecular flexibility index (Phi) is 4.29. The van der Waals surface area contributed by atoms with Gasteiger partial charge in [-0.25, -0.2) is 0 Å². The van der Waals surface area contributed by atoms with Gasteiger partial charge in [0.1, 0.15) is 5.75 Å². The summed E-state index contributed by atoms with van der Waals surface area (Å²) in [5.41, 5.74) is 8.47. The van der Waals surface area contributed by atoms with Crippen LogP contribution in [0.15, 0.2) is 40.9 Å². The zero-order valence-electron chi connectivity index (χ0n) is 11.2. The lowest BCUT2D eigenvalue weighted by Crippen LogP contribution is -2.14. The van der Waals surface area contributed by atoms with E-state index in [2.05, 4.69) is 21.2 Å². The first-order chi connectivity index (χ1) is 9.52. The molecule has 0 aliphatic heterocycles. The minimum atomic E-state index is -0.211. The van der Waals surface area contributed by atoms with Crippen LogP contribution in [0.1, 0.15) is 15.9 Å². The molecular weight excluding hydrogens is 320 g/mol. The third kappa shape index (κ3) is 2.93. The summed E-state index contributed by atoms with van der Waals surface area (Å²) in [5, 5.41) is 2.80. The monoisotopic (exact) mass is 334 g/mol. The van der Waals surface area contributed by atoms with E-state index in [-0.39, 0.29) is 5.91 Å². The normalized spacial score (nSPS) is 10.2. The lowest BCUT2D eigenvalue weighted by Gasteiger charge is -2.11. The highest BCUT2D eigenvalue weighted by atomic mass is 79.9. The van der Waals surface area contributed by atoms with Crippen molar-refractivity contribution in [2.75, 3.05) is 18.2 Å². The second-order valence-corrected chi connectivity index (χ2v) is 5.14. The number of carbonyl (C=O) groups is 1. The van der Waals surface area contributed by atoms with Crippen LogP contribution < -0.4 is 15.8 Å². The first-order valence-electron chi connectivity index (χ1n) is 6.03. The molecule has 20 heavy (non-hydrogen) atoms. The third-order valence-corrected chi connectivity index (χ3v) is 4.00. The van der Waals surface area contributed by atoms with Gasteiger partial charge in [-0.3, -0.25) is 4.79 Å². The number of nitrogen functional groups attached to an aromatic ring is 1. The Hall–Kier alpha value is -2.01. The van der Waals surface area contributed by atoms with Gasteiger partial charge in [0.05, 0.1) is 24.0 Å². The number of anilines is 2. The smallest absolute Gasteiger partial charge is 0.256 e. The Bertz CT molecular complexity index is 656. The van der Waals surface area contributed by atoms with Crippen LogP contribution in [-0.4, -0.2) is 13.0 Å². The standard InChI is InChI=1S/C15H15BrN2O2/c1-9-4-3-5-11(14(9)16)15(19)18-13-7-6-10(20-2)8-12(13)17/h3-8H,17H2,1-2H3,(H,18,19). The molecule has 2 aromatic rings. The van der Waals surface area contributed by atoms with E-state index >= 15 is 0 Å². The van der Waals surface area contributed by atoms with E-state index in [1.54, 1.807) is 31.4 Å². The van der Waals surface area contributed by atoms with Crippen molar-refractivity contribution in [2.24, 2.45) is 0 Å². The van der Waals surface area contributed by atoms with E-state index in [4.69, 9.17) is 10.5 Å². The first kappa shape index (κ1) is 14.4.